The van der Waals surface area contributed by atoms with Gasteiger partial charge in [-0.2, -0.15) is 0 Å². The molecule has 7 heteroatoms. The molecule has 4 rings (SSSR count). The van der Waals surface area contributed by atoms with Crippen molar-refractivity contribution in [3.63, 3.8) is 0 Å². The Morgan fingerprint density at radius 1 is 1.24 bits per heavy atom. The van der Waals surface area contributed by atoms with Crippen LogP contribution in [-0.4, -0.2) is 38.1 Å². The number of ketones is 1. The summed E-state index contributed by atoms with van der Waals surface area (Å²) >= 11 is 0. The molecule has 1 aliphatic rings. The highest BCUT2D eigenvalue weighted by Gasteiger charge is 2.30. The van der Waals surface area contributed by atoms with Crippen molar-refractivity contribution in [2.45, 2.75) is 43.9 Å². The monoisotopic (exact) mass is 393 g/mol. The minimum Gasteiger partial charge on any atom is -0.460 e. The molecule has 0 bridgehead atoms. The molecule has 29 heavy (non-hydrogen) atoms. The molecule has 0 spiro atoms. The maximum Gasteiger partial charge on any atom is 0.233 e. The topological polar surface area (TPSA) is 108 Å². The standard InChI is InChI=1S/C22H23N3O4/c1-22(28,14-5-3-2-4-6-14)15-9-19(29-12-15)20(27)18-11-23-13-24-21(18)25-16-7-8-17(26)10-16/h2-6,9,11-13,16-17,26,28H,7-8,10H2,1H3,(H,23,24,25)/t16-,17+,22-/m1/s1. The summed E-state index contributed by atoms with van der Waals surface area (Å²) in [5.41, 5.74) is 0.175. The van der Waals surface area contributed by atoms with Crippen LogP contribution < -0.4 is 5.32 Å². The minimum absolute atomic E-state index is 0.0532. The zero-order chi connectivity index (χ0) is 20.4. The van der Waals surface area contributed by atoms with Gasteiger partial charge in [0.2, 0.25) is 5.78 Å². The van der Waals surface area contributed by atoms with Gasteiger partial charge in [0.25, 0.3) is 0 Å². The van der Waals surface area contributed by atoms with Crippen molar-refractivity contribution in [2.24, 2.45) is 0 Å². The maximum absolute atomic E-state index is 13.0. The highest BCUT2D eigenvalue weighted by atomic mass is 16.3. The van der Waals surface area contributed by atoms with E-state index in [1.54, 1.807) is 13.0 Å². The molecule has 3 N–H and O–H groups in total. The van der Waals surface area contributed by atoms with Crippen LogP contribution in [0, 0.1) is 0 Å². The van der Waals surface area contributed by atoms with Crippen LogP contribution in [0.1, 0.15) is 53.4 Å². The fourth-order valence-corrected chi connectivity index (χ4v) is 3.67. The molecule has 2 aromatic heterocycles. The van der Waals surface area contributed by atoms with Crippen LogP contribution in [0.4, 0.5) is 5.82 Å². The van der Waals surface area contributed by atoms with E-state index >= 15 is 0 Å². The number of nitrogens with zero attached hydrogens (tertiary/aromatic N) is 2. The second kappa shape index (κ2) is 7.77. The molecule has 1 aliphatic carbocycles. The minimum atomic E-state index is -1.29. The molecule has 0 saturated heterocycles. The number of hydrogen-bond acceptors (Lipinski definition) is 7. The molecule has 150 valence electrons. The lowest BCUT2D eigenvalue weighted by molar-refractivity contribution is 0.100. The van der Waals surface area contributed by atoms with Gasteiger partial charge in [-0.25, -0.2) is 9.97 Å². The second-order valence-corrected chi connectivity index (χ2v) is 7.56. The van der Waals surface area contributed by atoms with Crippen LogP contribution >= 0.6 is 0 Å². The van der Waals surface area contributed by atoms with Crippen molar-refractivity contribution < 1.29 is 19.4 Å². The van der Waals surface area contributed by atoms with Crippen molar-refractivity contribution in [1.29, 1.82) is 0 Å². The number of carbonyl (C=O) groups is 1. The normalized spacial score (nSPS) is 20.9. The summed E-state index contributed by atoms with van der Waals surface area (Å²) in [6.45, 7) is 1.66. The third-order valence-corrected chi connectivity index (χ3v) is 5.42. The molecule has 1 saturated carbocycles. The number of furan rings is 1. The Kier molecular flexibility index (Phi) is 5.17. The Morgan fingerprint density at radius 2 is 2.03 bits per heavy atom. The van der Waals surface area contributed by atoms with Gasteiger partial charge in [0.05, 0.1) is 17.9 Å². The van der Waals surface area contributed by atoms with Crippen LogP contribution in [0.3, 0.4) is 0 Å². The van der Waals surface area contributed by atoms with Gasteiger partial charge in [0.1, 0.15) is 17.7 Å². The fourth-order valence-electron chi connectivity index (χ4n) is 3.67. The molecular formula is C22H23N3O4. The van der Waals surface area contributed by atoms with E-state index in [0.29, 0.717) is 23.4 Å². The van der Waals surface area contributed by atoms with E-state index in [2.05, 4.69) is 15.3 Å². The van der Waals surface area contributed by atoms with Gasteiger partial charge in [-0.05, 0) is 37.8 Å². The van der Waals surface area contributed by atoms with E-state index in [1.807, 2.05) is 30.3 Å². The van der Waals surface area contributed by atoms with Crippen LogP contribution in [-0.2, 0) is 5.60 Å². The van der Waals surface area contributed by atoms with Gasteiger partial charge in [0, 0.05) is 17.8 Å². The van der Waals surface area contributed by atoms with E-state index in [9.17, 15) is 15.0 Å². The number of carbonyl (C=O) groups excluding carboxylic acids is 1. The molecule has 0 unspecified atom stereocenters. The van der Waals surface area contributed by atoms with Crippen LogP contribution in [0.2, 0.25) is 0 Å². The number of nitrogens with one attached hydrogen (secondary N) is 1. The Labute approximate surface area is 168 Å². The van der Waals surface area contributed by atoms with Crippen molar-refractivity contribution >= 4 is 11.6 Å². The first-order chi connectivity index (χ1) is 13.9. The molecule has 0 radical (unpaired) electrons. The predicted octanol–water partition coefficient (Wildman–Crippen LogP) is 2.88. The fraction of sp³-hybridized carbons (Fsp3) is 0.318. The van der Waals surface area contributed by atoms with E-state index < -0.39 is 5.60 Å². The molecular weight excluding hydrogens is 370 g/mol. The van der Waals surface area contributed by atoms with Crippen molar-refractivity contribution in [3.8, 4) is 0 Å². The summed E-state index contributed by atoms with van der Waals surface area (Å²) in [6.07, 6.45) is 6.03. The summed E-state index contributed by atoms with van der Waals surface area (Å²) in [5.74, 6) is 0.138. The molecule has 1 fully saturated rings. The molecule has 3 aromatic rings. The Morgan fingerprint density at radius 3 is 2.76 bits per heavy atom. The smallest absolute Gasteiger partial charge is 0.233 e. The average molecular weight is 393 g/mol. The second-order valence-electron chi connectivity index (χ2n) is 7.56. The molecule has 3 atom stereocenters. The SMILES string of the molecule is C[C@@](O)(c1ccccc1)c1coc(C(=O)c2cncnc2N[C@@H]2CC[C@H](O)C2)c1. The van der Waals surface area contributed by atoms with Crippen molar-refractivity contribution in [2.75, 3.05) is 5.32 Å². The highest BCUT2D eigenvalue weighted by molar-refractivity contribution is 6.10. The van der Waals surface area contributed by atoms with E-state index in [1.165, 1.54) is 18.8 Å². The number of hydrogen-bond donors (Lipinski definition) is 3. The first kappa shape index (κ1) is 19.3. The first-order valence-electron chi connectivity index (χ1n) is 9.61. The van der Waals surface area contributed by atoms with Gasteiger partial charge in [-0.15, -0.1) is 0 Å². The van der Waals surface area contributed by atoms with E-state index in [-0.39, 0.29) is 29.3 Å². The van der Waals surface area contributed by atoms with Gasteiger partial charge in [0.15, 0.2) is 5.76 Å². The maximum atomic E-state index is 13.0. The Hall–Kier alpha value is -3.03. The number of benzene rings is 1. The van der Waals surface area contributed by atoms with Crippen LogP contribution in [0.5, 0.6) is 0 Å². The zero-order valence-electron chi connectivity index (χ0n) is 16.1. The first-order valence-corrected chi connectivity index (χ1v) is 9.61. The molecule has 7 nitrogen and oxygen atoms in total. The zero-order valence-corrected chi connectivity index (χ0v) is 16.1. The number of aromatic nitrogens is 2. The lowest BCUT2D eigenvalue weighted by Gasteiger charge is -2.22. The summed E-state index contributed by atoms with van der Waals surface area (Å²) in [7, 11) is 0. The van der Waals surface area contributed by atoms with Gasteiger partial charge >= 0.3 is 0 Å². The summed E-state index contributed by atoms with van der Waals surface area (Å²) in [4.78, 5) is 21.2. The molecule has 0 aliphatic heterocycles. The highest BCUT2D eigenvalue weighted by Crippen LogP contribution is 2.31. The molecule has 0 amide bonds. The lowest BCUT2D eigenvalue weighted by atomic mass is 9.90. The third kappa shape index (κ3) is 3.92. The molecule has 2 heterocycles. The quantitative estimate of drug-likeness (QED) is 0.553. The van der Waals surface area contributed by atoms with E-state index in [4.69, 9.17) is 4.42 Å². The largest absolute Gasteiger partial charge is 0.460 e. The van der Waals surface area contributed by atoms with Gasteiger partial charge in [-0.3, -0.25) is 4.79 Å². The summed E-state index contributed by atoms with van der Waals surface area (Å²) in [6, 6.07) is 10.8. The van der Waals surface area contributed by atoms with Crippen molar-refractivity contribution in [1.82, 2.24) is 9.97 Å². The summed E-state index contributed by atoms with van der Waals surface area (Å²) < 4.78 is 5.50. The average Bonchev–Trinajstić information content (AvgIpc) is 3.38. The Balaban J connectivity index is 1.59. The van der Waals surface area contributed by atoms with Crippen LogP contribution in [0.15, 0.2) is 59.6 Å². The van der Waals surface area contributed by atoms with E-state index in [0.717, 1.165) is 12.8 Å². The van der Waals surface area contributed by atoms with Crippen LogP contribution in [0.25, 0.3) is 0 Å². The predicted molar refractivity (Wildman–Crippen MR) is 107 cm³/mol. The van der Waals surface area contributed by atoms with Gasteiger partial charge < -0.3 is 19.9 Å². The number of aliphatic hydroxyl groups excluding tert-OH is 1. The van der Waals surface area contributed by atoms with Gasteiger partial charge in [-0.1, -0.05) is 30.3 Å². The number of anilines is 1. The molecule has 1 aromatic carbocycles. The van der Waals surface area contributed by atoms with Crippen molar-refractivity contribution in [3.05, 3.63) is 77.6 Å². The lowest BCUT2D eigenvalue weighted by Crippen LogP contribution is -2.22. The number of rotatable bonds is 6. The summed E-state index contributed by atoms with van der Waals surface area (Å²) in [5, 5.41) is 23.9. The number of aliphatic hydroxyl groups is 2. The Bertz CT molecular complexity index is 1000. The third-order valence-electron chi connectivity index (χ3n) is 5.42.